The number of rotatable bonds is 0. The molecule has 0 N–H and O–H groups in total. The third kappa shape index (κ3) is 1.71. The van der Waals surface area contributed by atoms with Crippen LogP contribution in [0.15, 0.2) is 33.9 Å². The zero-order valence-corrected chi connectivity index (χ0v) is 9.73. The van der Waals surface area contributed by atoms with Gasteiger partial charge in [0.2, 0.25) is 0 Å². The van der Waals surface area contributed by atoms with Crippen molar-refractivity contribution in [1.29, 1.82) is 0 Å². The molecular formula is C15H20. The van der Waals surface area contributed by atoms with Gasteiger partial charge in [0, 0.05) is 0 Å². The Labute approximate surface area is 92.8 Å². The smallest absolute Gasteiger partial charge is 0.00995 e. The van der Waals surface area contributed by atoms with Crippen molar-refractivity contribution in [1.82, 2.24) is 0 Å². The zero-order valence-electron chi connectivity index (χ0n) is 9.73. The second-order valence-corrected chi connectivity index (χ2v) is 5.41. The fourth-order valence-electron chi connectivity index (χ4n) is 3.33. The molecule has 0 unspecified atom stereocenters. The molecule has 0 aromatic rings. The fourth-order valence-corrected chi connectivity index (χ4v) is 3.33. The van der Waals surface area contributed by atoms with Gasteiger partial charge in [0.05, 0.1) is 0 Å². The van der Waals surface area contributed by atoms with E-state index in [9.17, 15) is 0 Å². The molecule has 80 valence electrons. The highest BCUT2D eigenvalue weighted by atomic mass is 14.3. The zero-order chi connectivity index (χ0) is 10.3. The number of allylic oxidation sites excluding steroid dienone is 6. The molecule has 0 radical (unpaired) electrons. The fraction of sp³-hybridized carbons (Fsp3) is 0.600. The molecule has 0 aliphatic heterocycles. The van der Waals surface area contributed by atoms with Gasteiger partial charge in [0.25, 0.3) is 0 Å². The minimum atomic E-state index is 1.25. The van der Waals surface area contributed by atoms with Gasteiger partial charge in [0.1, 0.15) is 0 Å². The molecule has 3 rings (SSSR count). The molecule has 0 nitrogen and oxygen atoms in total. The molecule has 3 aliphatic carbocycles. The van der Waals surface area contributed by atoms with Gasteiger partial charge < -0.3 is 0 Å². The van der Waals surface area contributed by atoms with Crippen LogP contribution in [0.2, 0.25) is 0 Å². The first-order chi connectivity index (χ1) is 7.33. The summed E-state index contributed by atoms with van der Waals surface area (Å²) in [4.78, 5) is 0. The molecule has 0 amide bonds. The Bertz CT molecular complexity index is 377. The number of hydrogen-bond acceptors (Lipinski definition) is 0. The van der Waals surface area contributed by atoms with Gasteiger partial charge in [-0.1, -0.05) is 33.9 Å². The Morgan fingerprint density at radius 3 is 2.20 bits per heavy atom. The van der Waals surface area contributed by atoms with E-state index in [1.165, 1.54) is 51.4 Å². The third-order valence-electron chi connectivity index (χ3n) is 4.25. The molecule has 0 fully saturated rings. The first-order valence-corrected chi connectivity index (χ1v) is 6.38. The van der Waals surface area contributed by atoms with Crippen LogP contribution in [-0.2, 0) is 0 Å². The summed E-state index contributed by atoms with van der Waals surface area (Å²) in [6.45, 7) is 2.29. The number of hydrogen-bond donors (Lipinski definition) is 0. The molecule has 3 aliphatic rings. The molecule has 0 aromatic carbocycles. The van der Waals surface area contributed by atoms with E-state index in [4.69, 9.17) is 0 Å². The summed E-state index contributed by atoms with van der Waals surface area (Å²) in [5.41, 5.74) is 8.76. The van der Waals surface area contributed by atoms with Crippen LogP contribution in [-0.4, -0.2) is 0 Å². The lowest BCUT2D eigenvalue weighted by molar-refractivity contribution is 0.623. The molecule has 0 heteroatoms. The van der Waals surface area contributed by atoms with E-state index in [1.807, 2.05) is 11.1 Å². The first kappa shape index (κ1) is 9.45. The molecular weight excluding hydrogens is 180 g/mol. The highest BCUT2D eigenvalue weighted by Gasteiger charge is 2.23. The summed E-state index contributed by atoms with van der Waals surface area (Å²) in [6, 6.07) is 0. The topological polar surface area (TPSA) is 0 Å². The van der Waals surface area contributed by atoms with E-state index < -0.39 is 0 Å². The van der Waals surface area contributed by atoms with Crippen molar-refractivity contribution in [3.05, 3.63) is 33.9 Å². The van der Waals surface area contributed by atoms with E-state index in [1.54, 1.807) is 16.7 Å². The molecule has 0 spiro atoms. The minimum Gasteiger partial charge on any atom is -0.0812 e. The van der Waals surface area contributed by atoms with Crippen molar-refractivity contribution < 1.29 is 0 Å². The summed E-state index contributed by atoms with van der Waals surface area (Å²) < 4.78 is 0. The van der Waals surface area contributed by atoms with E-state index in [0.29, 0.717) is 0 Å². The van der Waals surface area contributed by atoms with Crippen molar-refractivity contribution in [2.75, 3.05) is 0 Å². The second kappa shape index (κ2) is 3.66. The van der Waals surface area contributed by atoms with Gasteiger partial charge in [-0.25, -0.2) is 0 Å². The lowest BCUT2D eigenvalue weighted by atomic mass is 9.75. The first-order valence-electron chi connectivity index (χ1n) is 6.38. The Morgan fingerprint density at radius 1 is 0.800 bits per heavy atom. The molecule has 15 heavy (non-hydrogen) atoms. The van der Waals surface area contributed by atoms with Crippen LogP contribution in [0.4, 0.5) is 0 Å². The normalized spacial score (nSPS) is 26.1. The van der Waals surface area contributed by atoms with Crippen LogP contribution in [0.25, 0.3) is 0 Å². The summed E-state index contributed by atoms with van der Waals surface area (Å²) in [7, 11) is 0. The molecule has 0 saturated heterocycles. The summed E-state index contributed by atoms with van der Waals surface area (Å²) in [6.07, 6.45) is 13.3. The maximum atomic E-state index is 2.44. The van der Waals surface area contributed by atoms with E-state index in [2.05, 4.69) is 13.0 Å². The molecule has 0 bridgehead atoms. The van der Waals surface area contributed by atoms with Gasteiger partial charge in [-0.3, -0.25) is 0 Å². The van der Waals surface area contributed by atoms with Gasteiger partial charge in [-0.15, -0.1) is 0 Å². The van der Waals surface area contributed by atoms with Crippen LogP contribution in [0.3, 0.4) is 0 Å². The minimum absolute atomic E-state index is 1.25. The Kier molecular flexibility index (Phi) is 2.31. The Morgan fingerprint density at radius 2 is 1.47 bits per heavy atom. The van der Waals surface area contributed by atoms with Crippen LogP contribution in [0, 0.1) is 0 Å². The van der Waals surface area contributed by atoms with Gasteiger partial charge in [0.15, 0.2) is 0 Å². The van der Waals surface area contributed by atoms with E-state index in [-0.39, 0.29) is 0 Å². The Hall–Kier alpha value is -0.780. The second-order valence-electron chi connectivity index (χ2n) is 5.41. The van der Waals surface area contributed by atoms with E-state index in [0.717, 1.165) is 0 Å². The predicted molar refractivity (Wildman–Crippen MR) is 64.7 cm³/mol. The summed E-state index contributed by atoms with van der Waals surface area (Å²) in [5, 5.41) is 0. The lowest BCUT2D eigenvalue weighted by Crippen LogP contribution is -2.11. The average Bonchev–Trinajstić information content (AvgIpc) is 2.26. The summed E-state index contributed by atoms with van der Waals surface area (Å²) in [5.74, 6) is 0. The maximum absolute atomic E-state index is 2.44. The van der Waals surface area contributed by atoms with Crippen molar-refractivity contribution in [3.8, 4) is 0 Å². The van der Waals surface area contributed by atoms with Crippen molar-refractivity contribution >= 4 is 0 Å². The van der Waals surface area contributed by atoms with Crippen molar-refractivity contribution in [2.45, 2.75) is 58.3 Å². The van der Waals surface area contributed by atoms with Crippen LogP contribution >= 0.6 is 0 Å². The standard InChI is InChI=1S/C15H20/c1-11-6-7-14-9-12-4-2-3-5-13(12)10-15(14)8-11/h6H,2-5,7-10H2,1H3. The largest absolute Gasteiger partial charge is 0.0812 e. The SMILES string of the molecule is CC1=CCC2=C(C1)CC1=C(CCCC1)C2. The van der Waals surface area contributed by atoms with Crippen LogP contribution in [0.5, 0.6) is 0 Å². The molecule has 0 heterocycles. The van der Waals surface area contributed by atoms with Crippen molar-refractivity contribution in [2.24, 2.45) is 0 Å². The molecule has 0 atom stereocenters. The lowest BCUT2D eigenvalue weighted by Gasteiger charge is -2.31. The van der Waals surface area contributed by atoms with Gasteiger partial charge in [-0.2, -0.15) is 0 Å². The highest BCUT2D eigenvalue weighted by Crippen LogP contribution is 2.42. The monoisotopic (exact) mass is 200 g/mol. The maximum Gasteiger partial charge on any atom is -0.00995 e. The average molecular weight is 200 g/mol. The van der Waals surface area contributed by atoms with Gasteiger partial charge in [-0.05, 0) is 58.3 Å². The molecule has 0 aromatic heterocycles. The Balaban J connectivity index is 1.83. The van der Waals surface area contributed by atoms with Crippen LogP contribution < -0.4 is 0 Å². The van der Waals surface area contributed by atoms with Crippen LogP contribution in [0.1, 0.15) is 58.3 Å². The summed E-state index contributed by atoms with van der Waals surface area (Å²) >= 11 is 0. The van der Waals surface area contributed by atoms with Crippen molar-refractivity contribution in [3.63, 3.8) is 0 Å². The van der Waals surface area contributed by atoms with Gasteiger partial charge >= 0.3 is 0 Å². The highest BCUT2D eigenvalue weighted by molar-refractivity contribution is 5.40. The third-order valence-corrected chi connectivity index (χ3v) is 4.25. The predicted octanol–water partition coefficient (Wildman–Crippen LogP) is 4.69. The quantitative estimate of drug-likeness (QED) is 0.498. The molecule has 0 saturated carbocycles. The van der Waals surface area contributed by atoms with E-state index >= 15 is 0 Å².